The fourth-order valence-electron chi connectivity index (χ4n) is 1.20. The van der Waals surface area contributed by atoms with Gasteiger partial charge in [-0.15, -0.1) is 4.91 Å². The Morgan fingerprint density at radius 2 is 1.29 bits per heavy atom. The summed E-state index contributed by atoms with van der Waals surface area (Å²) in [6.07, 6.45) is -7.01. The minimum Gasteiger partial charge on any atom is -0.294 e. The van der Waals surface area contributed by atoms with Crippen molar-refractivity contribution in [1.82, 2.24) is 10.2 Å². The van der Waals surface area contributed by atoms with Gasteiger partial charge in [0.1, 0.15) is 5.69 Å². The van der Waals surface area contributed by atoms with E-state index in [4.69, 9.17) is 0 Å². The largest absolute Gasteiger partial charge is 0.460 e. The Balaban J connectivity index is 3.54. The molecule has 21 heavy (non-hydrogen) atoms. The molecule has 0 radical (unpaired) electrons. The third kappa shape index (κ3) is 2.17. The molecular weight excluding hydrogens is 329 g/mol. The number of halogens is 9. The SMILES string of the molecule is O=Nc1c(C(F)(F)C(F)(F)C(F)(F)C(F)(F)F)[nH][nH]c1=O. The first-order valence-corrected chi connectivity index (χ1v) is 4.56. The van der Waals surface area contributed by atoms with Crippen LogP contribution in [0, 0.1) is 4.91 Å². The fraction of sp³-hybridized carbons (Fsp3) is 0.571. The number of aromatic amines is 2. The molecule has 1 heterocycles. The molecule has 1 aromatic rings. The molecule has 0 bridgehead atoms. The lowest BCUT2D eigenvalue weighted by Crippen LogP contribution is -2.59. The Kier molecular flexibility index (Phi) is 3.64. The molecule has 14 heteroatoms. The molecule has 2 N–H and O–H groups in total. The highest BCUT2D eigenvalue weighted by Crippen LogP contribution is 2.56. The van der Waals surface area contributed by atoms with Gasteiger partial charge in [-0.05, 0) is 5.18 Å². The number of H-pyrrole nitrogens is 2. The molecule has 0 aliphatic heterocycles. The van der Waals surface area contributed by atoms with Crippen molar-refractivity contribution in [2.24, 2.45) is 5.18 Å². The highest BCUT2D eigenvalue weighted by molar-refractivity contribution is 5.43. The lowest BCUT2D eigenvalue weighted by molar-refractivity contribution is -0.400. The molecular formula is C7H2F9N3O2. The number of aromatic nitrogens is 2. The van der Waals surface area contributed by atoms with Crippen molar-refractivity contribution in [3.8, 4) is 0 Å². The number of nitrogens with zero attached hydrogens (tertiary/aromatic N) is 1. The summed E-state index contributed by atoms with van der Waals surface area (Å²) >= 11 is 0. The monoisotopic (exact) mass is 331 g/mol. The van der Waals surface area contributed by atoms with Crippen LogP contribution in [-0.4, -0.2) is 28.2 Å². The molecule has 0 saturated carbocycles. The van der Waals surface area contributed by atoms with E-state index in [0.717, 1.165) is 10.2 Å². The molecule has 0 atom stereocenters. The average Bonchev–Trinajstić information content (AvgIpc) is 2.68. The predicted octanol–water partition coefficient (Wildman–Crippen LogP) is 3.03. The maximum absolute atomic E-state index is 13.3. The van der Waals surface area contributed by atoms with Crippen LogP contribution in [0.1, 0.15) is 5.69 Å². The average molecular weight is 331 g/mol. The Morgan fingerprint density at radius 3 is 1.67 bits per heavy atom. The minimum absolute atomic E-state index is 0.933. The first-order chi connectivity index (χ1) is 9.21. The van der Waals surface area contributed by atoms with E-state index in [2.05, 4.69) is 0 Å². The minimum atomic E-state index is -7.14. The Morgan fingerprint density at radius 1 is 0.810 bits per heavy atom. The molecule has 0 amide bonds. The van der Waals surface area contributed by atoms with E-state index in [-0.39, 0.29) is 0 Å². The molecule has 0 fully saturated rings. The van der Waals surface area contributed by atoms with E-state index in [1.165, 1.54) is 0 Å². The van der Waals surface area contributed by atoms with Gasteiger partial charge in [-0.3, -0.25) is 15.0 Å². The van der Waals surface area contributed by atoms with Crippen molar-refractivity contribution in [2.75, 3.05) is 0 Å². The van der Waals surface area contributed by atoms with Crippen molar-refractivity contribution in [3.63, 3.8) is 0 Å². The number of rotatable bonds is 4. The summed E-state index contributed by atoms with van der Waals surface area (Å²) in [5, 5.41) is 3.67. The second kappa shape index (κ2) is 4.49. The van der Waals surface area contributed by atoms with Crippen LogP contribution in [0.4, 0.5) is 45.2 Å². The Labute approximate surface area is 107 Å². The van der Waals surface area contributed by atoms with Crippen molar-refractivity contribution < 1.29 is 39.5 Å². The van der Waals surface area contributed by atoms with Crippen LogP contribution in [-0.2, 0) is 5.92 Å². The number of alkyl halides is 9. The van der Waals surface area contributed by atoms with Gasteiger partial charge in [0.05, 0.1) is 0 Å². The number of nitroso groups, excluding NO2 is 1. The molecule has 120 valence electrons. The molecule has 0 unspecified atom stereocenters. The summed E-state index contributed by atoms with van der Waals surface area (Å²) in [5.41, 5.74) is -6.26. The summed E-state index contributed by atoms with van der Waals surface area (Å²) in [5.74, 6) is -20.4. The molecule has 0 aliphatic carbocycles. The maximum atomic E-state index is 13.3. The van der Waals surface area contributed by atoms with Crippen LogP contribution in [0.2, 0.25) is 0 Å². The number of hydrogen-bond donors (Lipinski definition) is 2. The summed E-state index contributed by atoms with van der Waals surface area (Å²) < 4.78 is 113. The molecule has 0 spiro atoms. The second-order valence-electron chi connectivity index (χ2n) is 3.61. The Bertz CT molecular complexity index is 599. The zero-order chi connectivity index (χ0) is 16.9. The van der Waals surface area contributed by atoms with Gasteiger partial charge in [0, 0.05) is 0 Å². The molecule has 0 saturated heterocycles. The van der Waals surface area contributed by atoms with E-state index in [9.17, 15) is 49.2 Å². The maximum Gasteiger partial charge on any atom is 0.460 e. The van der Waals surface area contributed by atoms with Gasteiger partial charge < -0.3 is 0 Å². The Hall–Kier alpha value is -2.02. The lowest BCUT2D eigenvalue weighted by atomic mass is 10.0. The van der Waals surface area contributed by atoms with E-state index >= 15 is 0 Å². The van der Waals surface area contributed by atoms with Gasteiger partial charge in [0.25, 0.3) is 5.56 Å². The topological polar surface area (TPSA) is 78.1 Å². The quantitative estimate of drug-likeness (QED) is 0.657. The zero-order valence-electron chi connectivity index (χ0n) is 9.17. The van der Waals surface area contributed by atoms with Crippen molar-refractivity contribution in [3.05, 3.63) is 21.0 Å². The normalized spacial score (nSPS) is 14.3. The van der Waals surface area contributed by atoms with Crippen molar-refractivity contribution in [2.45, 2.75) is 23.9 Å². The number of hydrogen-bond acceptors (Lipinski definition) is 3. The van der Waals surface area contributed by atoms with Crippen molar-refractivity contribution >= 4 is 5.69 Å². The van der Waals surface area contributed by atoms with Crippen molar-refractivity contribution in [1.29, 1.82) is 0 Å². The number of nitrogens with one attached hydrogen (secondary N) is 2. The van der Waals surface area contributed by atoms with Crippen LogP contribution in [0.5, 0.6) is 0 Å². The van der Waals surface area contributed by atoms with Crippen LogP contribution in [0.25, 0.3) is 0 Å². The summed E-state index contributed by atoms with van der Waals surface area (Å²) in [4.78, 5) is 20.8. The standard InChI is InChI=1S/C7H2F9N3O2/c8-4(9,2-1(19-21)3(20)18-17-2)5(10,11)6(12,13)7(14,15)16/h(H2,17,18,20). The first-order valence-electron chi connectivity index (χ1n) is 4.56. The van der Waals surface area contributed by atoms with Crippen LogP contribution in [0.3, 0.4) is 0 Å². The second-order valence-corrected chi connectivity index (χ2v) is 3.61. The van der Waals surface area contributed by atoms with Gasteiger partial charge in [-0.2, -0.15) is 39.5 Å². The zero-order valence-corrected chi connectivity index (χ0v) is 9.17. The van der Waals surface area contributed by atoms with Gasteiger partial charge in [-0.1, -0.05) is 0 Å². The van der Waals surface area contributed by atoms with Gasteiger partial charge in [-0.25, -0.2) is 0 Å². The van der Waals surface area contributed by atoms with Gasteiger partial charge in [0.15, 0.2) is 0 Å². The van der Waals surface area contributed by atoms with Crippen LogP contribution < -0.4 is 5.56 Å². The molecule has 1 aromatic heterocycles. The molecule has 1 rings (SSSR count). The highest BCUT2D eigenvalue weighted by Gasteiger charge is 2.82. The lowest BCUT2D eigenvalue weighted by Gasteiger charge is -2.32. The van der Waals surface area contributed by atoms with Gasteiger partial charge >= 0.3 is 23.9 Å². The predicted molar refractivity (Wildman–Crippen MR) is 46.7 cm³/mol. The van der Waals surface area contributed by atoms with E-state index in [1.807, 2.05) is 0 Å². The molecule has 5 nitrogen and oxygen atoms in total. The third-order valence-corrected chi connectivity index (χ3v) is 2.30. The summed E-state index contributed by atoms with van der Waals surface area (Å²) in [6.45, 7) is 0. The smallest absolute Gasteiger partial charge is 0.294 e. The highest BCUT2D eigenvalue weighted by atomic mass is 19.4. The first kappa shape index (κ1) is 17.0. The van der Waals surface area contributed by atoms with E-state index in [1.54, 1.807) is 5.18 Å². The van der Waals surface area contributed by atoms with E-state index in [0.29, 0.717) is 0 Å². The van der Waals surface area contributed by atoms with Gasteiger partial charge in [0.2, 0.25) is 5.69 Å². The third-order valence-electron chi connectivity index (χ3n) is 2.30. The fourth-order valence-corrected chi connectivity index (χ4v) is 1.20. The van der Waals surface area contributed by atoms with Crippen LogP contribution in [0.15, 0.2) is 9.97 Å². The van der Waals surface area contributed by atoms with E-state index < -0.39 is 40.9 Å². The molecule has 0 aromatic carbocycles. The van der Waals surface area contributed by atoms with Crippen LogP contribution >= 0.6 is 0 Å². The summed E-state index contributed by atoms with van der Waals surface area (Å²) in [7, 11) is 0. The molecule has 0 aliphatic rings. The summed E-state index contributed by atoms with van der Waals surface area (Å²) in [6, 6.07) is 0.